The molecule has 1 atom stereocenters. The zero-order chi connectivity index (χ0) is 14.8. The lowest BCUT2D eigenvalue weighted by Crippen LogP contribution is -2.21. The molecule has 21 heavy (non-hydrogen) atoms. The Morgan fingerprint density at radius 3 is 3.05 bits per heavy atom. The predicted molar refractivity (Wildman–Crippen MR) is 89.5 cm³/mol. The molecule has 0 aliphatic carbocycles. The van der Waals surface area contributed by atoms with E-state index in [1.807, 2.05) is 18.2 Å². The summed E-state index contributed by atoms with van der Waals surface area (Å²) in [6.07, 6.45) is 2.96. The van der Waals surface area contributed by atoms with Crippen LogP contribution < -0.4 is 4.74 Å². The zero-order valence-electron chi connectivity index (χ0n) is 11.9. The molecule has 3 nitrogen and oxygen atoms in total. The first-order valence-corrected chi connectivity index (χ1v) is 8.38. The second-order valence-electron chi connectivity index (χ2n) is 5.29. The van der Waals surface area contributed by atoms with Crippen molar-refractivity contribution in [3.8, 4) is 5.75 Å². The molecule has 1 aliphatic rings. The summed E-state index contributed by atoms with van der Waals surface area (Å²) in [5.74, 6) is 2.14. The Hall–Kier alpha value is -1.20. The number of H-pyrrole nitrogens is 1. The zero-order valence-corrected chi connectivity index (χ0v) is 14.3. The van der Waals surface area contributed by atoms with Gasteiger partial charge < -0.3 is 9.72 Å². The van der Waals surface area contributed by atoms with Crippen molar-refractivity contribution >= 4 is 28.1 Å². The number of rotatable bonds is 3. The standard InChI is InChI=1S/C16H17BrN2OS/c1-2-5-12-14(17)16(21)19-15(18-12)11-8-10-6-3-4-7-13(10)20-9-11/h3-4,6-7,11H,2,5,8-9H2,1H3,(H,18,19,21). The number of halogens is 1. The highest BCUT2D eigenvalue weighted by molar-refractivity contribution is 9.10. The Labute approximate surface area is 137 Å². The first-order chi connectivity index (χ1) is 10.2. The van der Waals surface area contributed by atoms with Crippen LogP contribution in [0.5, 0.6) is 5.75 Å². The SMILES string of the molecule is CCCc1[nH]c(C2COc3ccccc3C2)nc(=S)c1Br. The van der Waals surface area contributed by atoms with Gasteiger partial charge >= 0.3 is 0 Å². The first-order valence-electron chi connectivity index (χ1n) is 7.18. The minimum absolute atomic E-state index is 0.227. The highest BCUT2D eigenvalue weighted by Crippen LogP contribution is 2.31. The van der Waals surface area contributed by atoms with E-state index >= 15 is 0 Å². The van der Waals surface area contributed by atoms with Crippen molar-refractivity contribution in [1.29, 1.82) is 0 Å². The number of aromatic amines is 1. The van der Waals surface area contributed by atoms with Crippen molar-refractivity contribution in [2.45, 2.75) is 32.1 Å². The second kappa shape index (κ2) is 6.28. The Morgan fingerprint density at radius 2 is 2.24 bits per heavy atom. The van der Waals surface area contributed by atoms with Gasteiger partial charge in [0.1, 0.15) is 16.2 Å². The monoisotopic (exact) mass is 364 g/mol. The van der Waals surface area contributed by atoms with Gasteiger partial charge in [0.15, 0.2) is 0 Å². The van der Waals surface area contributed by atoms with E-state index in [-0.39, 0.29) is 5.92 Å². The Morgan fingerprint density at radius 1 is 1.43 bits per heavy atom. The molecule has 5 heteroatoms. The lowest BCUT2D eigenvalue weighted by atomic mass is 9.96. The van der Waals surface area contributed by atoms with E-state index in [9.17, 15) is 0 Å². The van der Waals surface area contributed by atoms with Crippen molar-refractivity contribution in [1.82, 2.24) is 9.97 Å². The van der Waals surface area contributed by atoms with Crippen molar-refractivity contribution in [3.63, 3.8) is 0 Å². The third kappa shape index (κ3) is 3.04. The summed E-state index contributed by atoms with van der Waals surface area (Å²) in [7, 11) is 0. The van der Waals surface area contributed by atoms with Crippen LogP contribution in [0.15, 0.2) is 28.7 Å². The van der Waals surface area contributed by atoms with E-state index in [2.05, 4.69) is 38.9 Å². The fourth-order valence-electron chi connectivity index (χ4n) is 2.64. The molecule has 0 bridgehead atoms. The number of hydrogen-bond acceptors (Lipinski definition) is 3. The highest BCUT2D eigenvalue weighted by atomic mass is 79.9. The van der Waals surface area contributed by atoms with E-state index in [1.165, 1.54) is 5.56 Å². The average molecular weight is 365 g/mol. The maximum Gasteiger partial charge on any atom is 0.144 e. The van der Waals surface area contributed by atoms with Crippen molar-refractivity contribution in [2.75, 3.05) is 6.61 Å². The molecule has 0 saturated carbocycles. The number of benzene rings is 1. The molecule has 0 spiro atoms. The van der Waals surface area contributed by atoms with Gasteiger partial charge in [0, 0.05) is 5.69 Å². The smallest absolute Gasteiger partial charge is 0.144 e. The number of para-hydroxylation sites is 1. The van der Waals surface area contributed by atoms with Gasteiger partial charge in [0.2, 0.25) is 0 Å². The van der Waals surface area contributed by atoms with E-state index in [0.29, 0.717) is 11.2 Å². The summed E-state index contributed by atoms with van der Waals surface area (Å²) >= 11 is 8.91. The summed E-state index contributed by atoms with van der Waals surface area (Å²) in [6.45, 7) is 2.80. The van der Waals surface area contributed by atoms with E-state index < -0.39 is 0 Å². The molecule has 2 heterocycles. The Bertz CT molecular complexity index is 714. The van der Waals surface area contributed by atoms with Crippen molar-refractivity contribution in [2.24, 2.45) is 0 Å². The van der Waals surface area contributed by atoms with Crippen LogP contribution in [0, 0.1) is 4.64 Å². The van der Waals surface area contributed by atoms with E-state index in [1.54, 1.807) is 0 Å². The molecule has 3 rings (SSSR count). The maximum absolute atomic E-state index is 5.85. The summed E-state index contributed by atoms with van der Waals surface area (Å²) in [6, 6.07) is 8.18. The maximum atomic E-state index is 5.85. The van der Waals surface area contributed by atoms with Crippen LogP contribution in [0.4, 0.5) is 0 Å². The lowest BCUT2D eigenvalue weighted by Gasteiger charge is -2.25. The molecule has 1 N–H and O–H groups in total. The van der Waals surface area contributed by atoms with Crippen LogP contribution in [0.1, 0.15) is 36.3 Å². The van der Waals surface area contributed by atoms with Crippen LogP contribution in [0.3, 0.4) is 0 Å². The number of nitrogens with one attached hydrogen (secondary N) is 1. The first kappa shape index (κ1) is 14.7. The average Bonchev–Trinajstić information content (AvgIpc) is 2.51. The quantitative estimate of drug-likeness (QED) is 0.810. The van der Waals surface area contributed by atoms with Crippen molar-refractivity contribution in [3.05, 3.63) is 50.5 Å². The van der Waals surface area contributed by atoms with Crippen LogP contribution in [-0.2, 0) is 12.8 Å². The third-order valence-corrected chi connectivity index (χ3v) is 5.13. The van der Waals surface area contributed by atoms with Gasteiger partial charge in [-0.3, -0.25) is 0 Å². The van der Waals surface area contributed by atoms with Gasteiger partial charge in [0.25, 0.3) is 0 Å². The minimum atomic E-state index is 0.227. The molecular formula is C16H17BrN2OS. The predicted octanol–water partition coefficient (Wildman–Crippen LogP) is 4.57. The van der Waals surface area contributed by atoms with E-state index in [0.717, 1.165) is 41.0 Å². The molecule has 2 aromatic rings. The fourth-order valence-corrected chi connectivity index (χ4v) is 3.25. The molecule has 0 saturated heterocycles. The molecule has 1 aromatic heterocycles. The second-order valence-corrected chi connectivity index (χ2v) is 6.47. The molecule has 110 valence electrons. The van der Waals surface area contributed by atoms with Gasteiger partial charge in [-0.25, -0.2) is 4.98 Å². The number of hydrogen-bond donors (Lipinski definition) is 1. The number of fused-ring (bicyclic) bond motifs is 1. The lowest BCUT2D eigenvalue weighted by molar-refractivity contribution is 0.257. The molecule has 0 amide bonds. The molecule has 1 aliphatic heterocycles. The van der Waals surface area contributed by atoms with Gasteiger partial charge in [-0.15, -0.1) is 0 Å². The minimum Gasteiger partial charge on any atom is -0.493 e. The van der Waals surface area contributed by atoms with Crippen LogP contribution in [0.2, 0.25) is 0 Å². The largest absolute Gasteiger partial charge is 0.493 e. The molecular weight excluding hydrogens is 348 g/mol. The van der Waals surface area contributed by atoms with Crippen LogP contribution in [0.25, 0.3) is 0 Å². The summed E-state index contributed by atoms with van der Waals surface area (Å²) in [4.78, 5) is 7.99. The topological polar surface area (TPSA) is 37.9 Å². The number of nitrogens with zero attached hydrogens (tertiary/aromatic N) is 1. The summed E-state index contributed by atoms with van der Waals surface area (Å²) < 4.78 is 7.40. The third-order valence-electron chi connectivity index (χ3n) is 3.72. The summed E-state index contributed by atoms with van der Waals surface area (Å²) in [5.41, 5.74) is 2.36. The van der Waals surface area contributed by atoms with E-state index in [4.69, 9.17) is 17.0 Å². The van der Waals surface area contributed by atoms with Crippen molar-refractivity contribution < 1.29 is 4.74 Å². The van der Waals surface area contributed by atoms with Crippen LogP contribution >= 0.6 is 28.1 Å². The van der Waals surface area contributed by atoms with Gasteiger partial charge in [0.05, 0.1) is 17.0 Å². The van der Waals surface area contributed by atoms with Crippen LogP contribution in [-0.4, -0.2) is 16.6 Å². The Kier molecular flexibility index (Phi) is 4.40. The molecule has 1 aromatic carbocycles. The normalized spacial score (nSPS) is 17.1. The number of aryl methyl sites for hydroxylation is 1. The molecule has 0 fully saturated rings. The molecule has 0 radical (unpaired) electrons. The van der Waals surface area contributed by atoms with Gasteiger partial charge in [-0.1, -0.05) is 43.8 Å². The van der Waals surface area contributed by atoms with Gasteiger partial charge in [-0.05, 0) is 40.4 Å². The van der Waals surface area contributed by atoms with Gasteiger partial charge in [-0.2, -0.15) is 0 Å². The number of ether oxygens (including phenoxy) is 1. The fraction of sp³-hybridized carbons (Fsp3) is 0.375. The highest BCUT2D eigenvalue weighted by Gasteiger charge is 2.23. The molecule has 1 unspecified atom stereocenters. The Balaban J connectivity index is 1.93. The number of aromatic nitrogens is 2. The summed E-state index contributed by atoms with van der Waals surface area (Å²) in [5, 5.41) is 0.